The second kappa shape index (κ2) is 7.90. The molecule has 104 valence electrons. The summed E-state index contributed by atoms with van der Waals surface area (Å²) in [4.78, 5) is 5.84. The van der Waals surface area contributed by atoms with E-state index in [2.05, 4.69) is 44.2 Å². The molecule has 0 spiro atoms. The number of hydrogen-bond donors (Lipinski definition) is 1. The Hall–Kier alpha value is -0.410. The van der Waals surface area contributed by atoms with Gasteiger partial charge in [-0.25, -0.2) is 4.98 Å². The second-order valence-electron chi connectivity index (χ2n) is 5.26. The van der Waals surface area contributed by atoms with E-state index in [-0.39, 0.29) is 0 Å². The normalized spacial score (nSPS) is 14.7. The van der Waals surface area contributed by atoms with Gasteiger partial charge in [-0.05, 0) is 38.1 Å². The number of hydrogen-bond acceptors (Lipinski definition) is 3. The summed E-state index contributed by atoms with van der Waals surface area (Å²) in [6.07, 6.45) is 8.44. The molecule has 1 rings (SSSR count). The van der Waals surface area contributed by atoms with Gasteiger partial charge in [0.2, 0.25) is 0 Å². The first kappa shape index (κ1) is 15.6. The molecule has 3 heteroatoms. The van der Waals surface area contributed by atoms with Crippen molar-refractivity contribution in [2.75, 3.05) is 13.1 Å². The van der Waals surface area contributed by atoms with Gasteiger partial charge >= 0.3 is 0 Å². The first-order chi connectivity index (χ1) is 8.65. The van der Waals surface area contributed by atoms with Crippen molar-refractivity contribution in [3.8, 4) is 0 Å². The smallest absolute Gasteiger partial charge is 0.0896 e. The topological polar surface area (TPSA) is 24.9 Å². The average molecular weight is 268 g/mol. The van der Waals surface area contributed by atoms with Crippen molar-refractivity contribution >= 4 is 11.3 Å². The Kier molecular flexibility index (Phi) is 6.87. The maximum absolute atomic E-state index is 4.39. The summed E-state index contributed by atoms with van der Waals surface area (Å²) in [7, 11) is 0. The maximum Gasteiger partial charge on any atom is 0.0896 e. The minimum Gasteiger partial charge on any atom is -0.316 e. The summed E-state index contributed by atoms with van der Waals surface area (Å²) >= 11 is 1.86. The first-order valence-electron chi connectivity index (χ1n) is 7.27. The third-order valence-corrected chi connectivity index (χ3v) is 4.69. The largest absolute Gasteiger partial charge is 0.316 e. The van der Waals surface area contributed by atoms with Crippen molar-refractivity contribution in [2.45, 2.75) is 59.8 Å². The Morgan fingerprint density at radius 3 is 2.61 bits per heavy atom. The molecule has 1 aromatic heterocycles. The van der Waals surface area contributed by atoms with Crippen LogP contribution in [-0.4, -0.2) is 18.1 Å². The summed E-state index contributed by atoms with van der Waals surface area (Å²) in [6, 6.07) is 0. The molecule has 2 nitrogen and oxygen atoms in total. The van der Waals surface area contributed by atoms with E-state index < -0.39 is 0 Å². The van der Waals surface area contributed by atoms with E-state index in [9.17, 15) is 0 Å². The zero-order chi connectivity index (χ0) is 13.4. The highest BCUT2D eigenvalue weighted by Crippen LogP contribution is 2.34. The molecule has 0 aliphatic heterocycles. The van der Waals surface area contributed by atoms with Gasteiger partial charge in [-0.2, -0.15) is 0 Å². The number of thiazole rings is 1. The molecular formula is C15H28N2S. The lowest BCUT2D eigenvalue weighted by molar-refractivity contribution is 0.232. The van der Waals surface area contributed by atoms with Gasteiger partial charge in [0.15, 0.2) is 0 Å². The van der Waals surface area contributed by atoms with Gasteiger partial charge in [0.25, 0.3) is 0 Å². The van der Waals surface area contributed by atoms with E-state index >= 15 is 0 Å². The van der Waals surface area contributed by atoms with Crippen LogP contribution in [0.5, 0.6) is 0 Å². The predicted molar refractivity (Wildman–Crippen MR) is 81.3 cm³/mol. The van der Waals surface area contributed by atoms with Crippen LogP contribution in [0.1, 0.15) is 56.3 Å². The standard InChI is InChI=1S/C15H28N2S/c1-5-8-9-15(6-2,12-16-7-3)10-14-11-17-13(4)18-14/h11,16H,5-10,12H2,1-4H3. The molecule has 0 saturated carbocycles. The van der Waals surface area contributed by atoms with Crippen LogP contribution < -0.4 is 5.32 Å². The van der Waals surface area contributed by atoms with Crippen molar-refractivity contribution < 1.29 is 0 Å². The van der Waals surface area contributed by atoms with Crippen LogP contribution in [0.3, 0.4) is 0 Å². The lowest BCUT2D eigenvalue weighted by Crippen LogP contribution is -2.35. The van der Waals surface area contributed by atoms with Crippen molar-refractivity contribution in [3.63, 3.8) is 0 Å². The van der Waals surface area contributed by atoms with Crippen LogP contribution >= 0.6 is 11.3 Å². The van der Waals surface area contributed by atoms with Gasteiger partial charge in [-0.1, -0.05) is 33.6 Å². The van der Waals surface area contributed by atoms with E-state index in [0.717, 1.165) is 13.1 Å². The van der Waals surface area contributed by atoms with Crippen molar-refractivity contribution in [1.29, 1.82) is 0 Å². The maximum atomic E-state index is 4.39. The number of aryl methyl sites for hydroxylation is 1. The first-order valence-corrected chi connectivity index (χ1v) is 8.09. The molecule has 0 aliphatic rings. The molecule has 1 atom stereocenters. The summed E-state index contributed by atoms with van der Waals surface area (Å²) in [5, 5.41) is 4.75. The number of unbranched alkanes of at least 4 members (excludes halogenated alkanes) is 1. The molecule has 1 heterocycles. The van der Waals surface area contributed by atoms with Gasteiger partial charge in [0, 0.05) is 17.6 Å². The molecule has 0 bridgehead atoms. The molecule has 0 aliphatic carbocycles. The van der Waals surface area contributed by atoms with Gasteiger partial charge < -0.3 is 5.32 Å². The Labute approximate surface area is 116 Å². The molecular weight excluding hydrogens is 240 g/mol. The quantitative estimate of drug-likeness (QED) is 0.726. The molecule has 0 radical (unpaired) electrons. The molecule has 18 heavy (non-hydrogen) atoms. The van der Waals surface area contributed by atoms with Crippen LogP contribution in [0.4, 0.5) is 0 Å². The highest BCUT2D eigenvalue weighted by Gasteiger charge is 2.28. The summed E-state index contributed by atoms with van der Waals surface area (Å²) in [5.74, 6) is 0. The SMILES string of the molecule is CCCCC(CC)(CNCC)Cc1cnc(C)s1. The van der Waals surface area contributed by atoms with E-state index in [0.29, 0.717) is 5.41 Å². The molecule has 0 saturated heterocycles. The second-order valence-corrected chi connectivity index (χ2v) is 6.58. The zero-order valence-corrected chi connectivity index (χ0v) is 13.2. The minimum absolute atomic E-state index is 0.422. The number of aromatic nitrogens is 1. The fourth-order valence-corrected chi connectivity index (χ4v) is 3.43. The van der Waals surface area contributed by atoms with Crippen LogP contribution in [0.25, 0.3) is 0 Å². The van der Waals surface area contributed by atoms with Gasteiger partial charge in [-0.15, -0.1) is 11.3 Å². The number of nitrogens with one attached hydrogen (secondary N) is 1. The zero-order valence-electron chi connectivity index (χ0n) is 12.4. The Morgan fingerprint density at radius 1 is 1.33 bits per heavy atom. The molecule has 0 aromatic carbocycles. The van der Waals surface area contributed by atoms with Gasteiger partial charge in [0.05, 0.1) is 5.01 Å². The van der Waals surface area contributed by atoms with Crippen molar-refractivity contribution in [3.05, 3.63) is 16.1 Å². The van der Waals surface area contributed by atoms with Crippen LogP contribution in [0.2, 0.25) is 0 Å². The summed E-state index contributed by atoms with van der Waals surface area (Å²) in [6.45, 7) is 11.1. The Balaban J connectivity index is 2.73. The van der Waals surface area contributed by atoms with Gasteiger partial charge in [-0.3, -0.25) is 0 Å². The summed E-state index contributed by atoms with van der Waals surface area (Å²) in [5.41, 5.74) is 0.422. The van der Waals surface area contributed by atoms with E-state index in [1.54, 1.807) is 0 Å². The van der Waals surface area contributed by atoms with E-state index in [1.807, 2.05) is 11.3 Å². The van der Waals surface area contributed by atoms with Crippen molar-refractivity contribution in [1.82, 2.24) is 10.3 Å². The van der Waals surface area contributed by atoms with E-state index in [1.165, 1.54) is 42.0 Å². The van der Waals surface area contributed by atoms with Gasteiger partial charge in [0.1, 0.15) is 0 Å². The fourth-order valence-electron chi connectivity index (χ4n) is 2.46. The average Bonchev–Trinajstić information content (AvgIpc) is 2.78. The molecule has 1 unspecified atom stereocenters. The number of nitrogens with zero attached hydrogens (tertiary/aromatic N) is 1. The van der Waals surface area contributed by atoms with E-state index in [4.69, 9.17) is 0 Å². The lowest BCUT2D eigenvalue weighted by Gasteiger charge is -2.33. The third kappa shape index (κ3) is 4.69. The third-order valence-electron chi connectivity index (χ3n) is 3.78. The Morgan fingerprint density at radius 2 is 2.11 bits per heavy atom. The molecule has 1 aromatic rings. The van der Waals surface area contributed by atoms with Crippen LogP contribution in [0, 0.1) is 12.3 Å². The molecule has 0 fully saturated rings. The summed E-state index contributed by atoms with van der Waals surface area (Å²) < 4.78 is 0. The van der Waals surface area contributed by atoms with Crippen LogP contribution in [-0.2, 0) is 6.42 Å². The predicted octanol–water partition coefficient (Wildman–Crippen LogP) is 4.19. The minimum atomic E-state index is 0.422. The highest BCUT2D eigenvalue weighted by molar-refractivity contribution is 7.11. The molecule has 1 N–H and O–H groups in total. The molecule has 0 amide bonds. The number of rotatable bonds is 9. The van der Waals surface area contributed by atoms with Crippen molar-refractivity contribution in [2.24, 2.45) is 5.41 Å². The lowest BCUT2D eigenvalue weighted by atomic mass is 9.77. The fraction of sp³-hybridized carbons (Fsp3) is 0.800. The monoisotopic (exact) mass is 268 g/mol. The Bertz CT molecular complexity index is 325. The highest BCUT2D eigenvalue weighted by atomic mass is 32.1. The van der Waals surface area contributed by atoms with Crippen LogP contribution in [0.15, 0.2) is 6.20 Å².